The minimum atomic E-state index is -0.767. The topological polar surface area (TPSA) is 81.7 Å². The summed E-state index contributed by atoms with van der Waals surface area (Å²) >= 11 is 0. The molecular formula is C14H20NO5Y-. The summed E-state index contributed by atoms with van der Waals surface area (Å²) in [5.74, 6) is -0.547. The molecule has 21 heavy (non-hydrogen) atoms. The van der Waals surface area contributed by atoms with Crippen molar-refractivity contribution in [1.82, 2.24) is 5.32 Å². The van der Waals surface area contributed by atoms with E-state index in [0.717, 1.165) is 6.54 Å². The fourth-order valence-corrected chi connectivity index (χ4v) is 1.77. The van der Waals surface area contributed by atoms with Gasteiger partial charge in [0.1, 0.15) is 5.76 Å². The van der Waals surface area contributed by atoms with Gasteiger partial charge < -0.3 is 14.8 Å². The molecule has 0 heterocycles. The number of rotatable bonds is 3. The quantitative estimate of drug-likeness (QED) is 0.606. The number of esters is 1. The van der Waals surface area contributed by atoms with Gasteiger partial charge in [-0.3, -0.25) is 9.59 Å². The Kier molecular flexibility index (Phi) is 7.10. The smallest absolute Gasteiger partial charge is 0.380 e. The Morgan fingerprint density at radius 2 is 1.86 bits per heavy atom. The summed E-state index contributed by atoms with van der Waals surface area (Å²) in [6, 6.07) is 0. The van der Waals surface area contributed by atoms with E-state index in [1.54, 1.807) is 0 Å². The molecule has 7 heteroatoms. The van der Waals surface area contributed by atoms with Crippen molar-refractivity contribution in [2.45, 2.75) is 34.1 Å². The fourth-order valence-electron chi connectivity index (χ4n) is 1.77. The normalized spacial score (nSPS) is 18.7. The molecule has 1 amide bonds. The van der Waals surface area contributed by atoms with Crippen molar-refractivity contribution in [3.63, 3.8) is 0 Å². The molecule has 1 aliphatic rings. The maximum absolute atomic E-state index is 12.1. The van der Waals surface area contributed by atoms with Crippen molar-refractivity contribution in [3.8, 4) is 0 Å². The average Bonchev–Trinajstić information content (AvgIpc) is 2.33. The number of nitrogens with one attached hydrogen (secondary N) is 1. The van der Waals surface area contributed by atoms with E-state index in [4.69, 9.17) is 4.74 Å². The minimum absolute atomic E-state index is 0. The second-order valence-corrected chi connectivity index (χ2v) is 5.86. The van der Waals surface area contributed by atoms with E-state index in [0.29, 0.717) is 12.2 Å². The SMILES string of the molecule is COC(=O)N[CH-]C(=O)OC1=CC(=O)C(C)(C)C(C)(C)C1.[Y]. The first-order chi connectivity index (χ1) is 9.10. The molecule has 1 rings (SSSR count). The van der Waals surface area contributed by atoms with Gasteiger partial charge in [0.2, 0.25) is 0 Å². The fraction of sp³-hybridized carbons (Fsp3) is 0.571. The number of amides is 1. The predicted molar refractivity (Wildman–Crippen MR) is 71.2 cm³/mol. The van der Waals surface area contributed by atoms with Crippen LogP contribution in [0.1, 0.15) is 34.1 Å². The average molecular weight is 371 g/mol. The monoisotopic (exact) mass is 371 g/mol. The molecule has 0 saturated carbocycles. The zero-order chi connectivity index (χ0) is 15.6. The number of hydrogen-bond donors (Lipinski definition) is 1. The van der Waals surface area contributed by atoms with Crippen LogP contribution in [0.3, 0.4) is 0 Å². The predicted octanol–water partition coefficient (Wildman–Crippen LogP) is 1.95. The number of carbonyl (C=O) groups excluding carboxylic acids is 3. The Labute approximate surface area is 149 Å². The van der Waals surface area contributed by atoms with Gasteiger partial charge in [0.25, 0.3) is 0 Å². The summed E-state index contributed by atoms with van der Waals surface area (Å²) in [6.07, 6.45) is 1.04. The minimum Gasteiger partial charge on any atom is -0.455 e. The van der Waals surface area contributed by atoms with Crippen molar-refractivity contribution in [3.05, 3.63) is 18.4 Å². The van der Waals surface area contributed by atoms with E-state index in [1.165, 1.54) is 13.2 Å². The molecule has 0 aromatic carbocycles. The van der Waals surface area contributed by atoms with Gasteiger partial charge in [-0.25, -0.2) is 4.79 Å². The van der Waals surface area contributed by atoms with Crippen LogP contribution in [0.2, 0.25) is 0 Å². The molecule has 0 unspecified atom stereocenters. The summed E-state index contributed by atoms with van der Waals surface area (Å²) in [4.78, 5) is 34.4. The van der Waals surface area contributed by atoms with Crippen LogP contribution in [0.25, 0.3) is 0 Å². The summed E-state index contributed by atoms with van der Waals surface area (Å²) in [5.41, 5.74) is -0.846. The van der Waals surface area contributed by atoms with Crippen LogP contribution < -0.4 is 5.32 Å². The maximum Gasteiger partial charge on any atom is 0.380 e. The molecule has 1 N–H and O–H groups in total. The number of ketones is 1. The summed E-state index contributed by atoms with van der Waals surface area (Å²) in [7, 11) is 1.18. The summed E-state index contributed by atoms with van der Waals surface area (Å²) in [5, 5.41) is 2.10. The van der Waals surface area contributed by atoms with Gasteiger partial charge in [0.05, 0.1) is 7.11 Å². The molecule has 0 aliphatic heterocycles. The first-order valence-corrected chi connectivity index (χ1v) is 6.24. The number of alkyl carbamates (subject to hydrolysis) is 1. The van der Waals surface area contributed by atoms with Gasteiger partial charge in [0, 0.05) is 50.6 Å². The van der Waals surface area contributed by atoms with Gasteiger partial charge >= 0.3 is 6.09 Å². The van der Waals surface area contributed by atoms with Crippen LogP contribution in [-0.4, -0.2) is 25.0 Å². The van der Waals surface area contributed by atoms with Crippen molar-refractivity contribution in [2.24, 2.45) is 10.8 Å². The first kappa shape index (κ1) is 20.1. The molecule has 0 fully saturated rings. The molecule has 0 bridgehead atoms. The molecular weight excluding hydrogens is 351 g/mol. The molecule has 0 atom stereocenters. The van der Waals surface area contributed by atoms with Crippen LogP contribution in [0.4, 0.5) is 4.79 Å². The van der Waals surface area contributed by atoms with E-state index < -0.39 is 17.5 Å². The second-order valence-electron chi connectivity index (χ2n) is 5.86. The third-order valence-electron chi connectivity index (χ3n) is 3.94. The Bertz CT molecular complexity index is 468. The molecule has 0 spiro atoms. The van der Waals surface area contributed by atoms with Crippen LogP contribution in [-0.2, 0) is 51.8 Å². The summed E-state index contributed by atoms with van der Waals surface area (Å²) < 4.78 is 9.37. The summed E-state index contributed by atoms with van der Waals surface area (Å²) in [6.45, 7) is 8.49. The van der Waals surface area contributed by atoms with Crippen LogP contribution in [0.5, 0.6) is 0 Å². The van der Waals surface area contributed by atoms with Gasteiger partial charge in [-0.1, -0.05) is 27.7 Å². The molecule has 6 nitrogen and oxygen atoms in total. The van der Waals surface area contributed by atoms with Crippen LogP contribution in [0, 0.1) is 17.4 Å². The Balaban J connectivity index is 0.00000400. The third kappa shape index (κ3) is 4.82. The molecule has 1 aliphatic carbocycles. The van der Waals surface area contributed by atoms with E-state index in [-0.39, 0.29) is 43.9 Å². The number of hydrogen-bond acceptors (Lipinski definition) is 5. The Morgan fingerprint density at radius 1 is 1.29 bits per heavy atom. The number of methoxy groups -OCH3 is 1. The van der Waals surface area contributed by atoms with E-state index >= 15 is 0 Å². The van der Waals surface area contributed by atoms with Crippen LogP contribution >= 0.6 is 0 Å². The standard InChI is InChI=1S/C14H20NO5.Y/c1-13(2)7-9(6-10(16)14(13,3)4)20-11(17)8-15-12(18)19-5;/h6,8H,7H2,1-5H3,(H,15,18);/q-1;. The second kappa shape index (κ2) is 7.41. The zero-order valence-corrected chi connectivity index (χ0v) is 15.8. The molecule has 0 saturated heterocycles. The van der Waals surface area contributed by atoms with Gasteiger partial charge in [0.15, 0.2) is 11.8 Å². The van der Waals surface area contributed by atoms with E-state index in [2.05, 4.69) is 10.1 Å². The Hall–Kier alpha value is -0.876. The van der Waals surface area contributed by atoms with Crippen LogP contribution in [0.15, 0.2) is 11.8 Å². The van der Waals surface area contributed by atoms with Gasteiger partial charge in [-0.15, -0.1) is 0 Å². The number of allylic oxidation sites excluding steroid dienone is 2. The Morgan fingerprint density at radius 3 is 2.33 bits per heavy atom. The van der Waals surface area contributed by atoms with Gasteiger partial charge in [-0.2, -0.15) is 6.54 Å². The number of carbonyl (C=O) groups is 3. The van der Waals surface area contributed by atoms with E-state index in [9.17, 15) is 14.4 Å². The van der Waals surface area contributed by atoms with Crippen molar-refractivity contribution in [2.75, 3.05) is 7.11 Å². The van der Waals surface area contributed by atoms with Crippen molar-refractivity contribution in [1.29, 1.82) is 0 Å². The molecule has 115 valence electrons. The zero-order valence-electron chi connectivity index (χ0n) is 13.0. The molecule has 0 aromatic rings. The number of ether oxygens (including phenoxy) is 2. The van der Waals surface area contributed by atoms with Crippen molar-refractivity contribution < 1.29 is 56.6 Å². The molecule has 0 aromatic heterocycles. The maximum atomic E-state index is 12.1. The third-order valence-corrected chi connectivity index (χ3v) is 3.94. The van der Waals surface area contributed by atoms with Gasteiger partial charge in [-0.05, 0) is 5.41 Å². The van der Waals surface area contributed by atoms with E-state index in [1.807, 2.05) is 27.7 Å². The molecule has 1 radical (unpaired) electrons. The van der Waals surface area contributed by atoms with Crippen molar-refractivity contribution >= 4 is 17.8 Å². The first-order valence-electron chi connectivity index (χ1n) is 6.24. The largest absolute Gasteiger partial charge is 0.455 e.